The van der Waals surface area contributed by atoms with E-state index in [9.17, 15) is 43.2 Å². The summed E-state index contributed by atoms with van der Waals surface area (Å²) in [5.74, 6) is 0.805. The van der Waals surface area contributed by atoms with Gasteiger partial charge >= 0.3 is 39.5 Å². The van der Waals surface area contributed by atoms with Gasteiger partial charge in [0.25, 0.3) is 0 Å². The summed E-state index contributed by atoms with van der Waals surface area (Å²) >= 11 is 0. The Morgan fingerprint density at radius 1 is 0.281 bits per heavy atom. The number of aliphatic hydroxyl groups excluding tert-OH is 1. The summed E-state index contributed by atoms with van der Waals surface area (Å²) in [6, 6.07) is 0. The van der Waals surface area contributed by atoms with Gasteiger partial charge in [-0.15, -0.1) is 0 Å². The molecule has 0 aliphatic heterocycles. The first kappa shape index (κ1) is 87.1. The van der Waals surface area contributed by atoms with E-state index in [4.69, 9.17) is 37.0 Å². The number of rotatable bonds is 67. The molecule has 0 fully saturated rings. The first-order chi connectivity index (χ1) is 42.6. The predicted molar refractivity (Wildman–Crippen MR) is 358 cm³/mol. The highest BCUT2D eigenvalue weighted by Crippen LogP contribution is 2.45. The Bertz CT molecular complexity index is 1760. The van der Waals surface area contributed by atoms with Crippen LogP contribution in [0.1, 0.15) is 344 Å². The minimum atomic E-state index is -4.95. The van der Waals surface area contributed by atoms with Crippen LogP contribution in [0.25, 0.3) is 0 Å². The van der Waals surface area contributed by atoms with E-state index in [1.165, 1.54) is 135 Å². The standard InChI is InChI=1S/C70H136O17P2/c1-60(2)46-38-30-22-17-13-10-9-11-15-19-25-36-44-52-69(74)86-65(56-80-67(72)50-42-34-27-21-24-32-40-48-62(5)6)58-84-88(76,77)82-54-64(71)55-83-89(78,79)85-59-66(57-81-68(73)51-43-35-29-28-33-41-49-63(7)8)87-70(75)53-45-37-26-20-16-12-14-18-23-31-39-47-61(3)4/h60-66,71H,9-59H2,1-8H3,(H,76,77)(H,78,79)/t64-,65-,66-/m1/s1. The van der Waals surface area contributed by atoms with Crippen LogP contribution in [0, 0.1) is 23.7 Å². The molecule has 0 aromatic carbocycles. The summed E-state index contributed by atoms with van der Waals surface area (Å²) in [6.45, 7) is 14.0. The van der Waals surface area contributed by atoms with Gasteiger partial charge in [-0.1, -0.05) is 293 Å². The number of carbonyl (C=O) groups excluding carboxylic acids is 4. The van der Waals surface area contributed by atoms with E-state index in [0.29, 0.717) is 37.5 Å². The second-order valence-electron chi connectivity index (χ2n) is 27.2. The molecule has 3 N–H and O–H groups in total. The van der Waals surface area contributed by atoms with E-state index in [1.807, 2.05) is 0 Å². The fourth-order valence-corrected chi connectivity index (χ4v) is 12.1. The Hall–Kier alpha value is -1.94. The van der Waals surface area contributed by atoms with Gasteiger partial charge in [0.1, 0.15) is 19.3 Å². The Balaban J connectivity index is 5.23. The predicted octanol–water partition coefficient (Wildman–Crippen LogP) is 19.7. The summed E-state index contributed by atoms with van der Waals surface area (Å²) < 4.78 is 68.2. The molecule has 0 saturated heterocycles. The first-order valence-corrected chi connectivity index (χ1v) is 39.2. The van der Waals surface area contributed by atoms with E-state index >= 15 is 0 Å². The van der Waals surface area contributed by atoms with Gasteiger partial charge in [-0.05, 0) is 49.4 Å². The summed E-state index contributed by atoms with van der Waals surface area (Å²) in [6.07, 6.45) is 41.9. The Labute approximate surface area is 543 Å². The molecular formula is C70H136O17P2. The molecule has 0 aliphatic rings. The minimum Gasteiger partial charge on any atom is -0.462 e. The number of aliphatic hydroxyl groups is 1. The number of ether oxygens (including phenoxy) is 4. The van der Waals surface area contributed by atoms with Crippen molar-refractivity contribution in [2.24, 2.45) is 23.7 Å². The molecule has 2 unspecified atom stereocenters. The number of phosphoric ester groups is 2. The third-order valence-electron chi connectivity index (χ3n) is 16.1. The lowest BCUT2D eigenvalue weighted by molar-refractivity contribution is -0.161. The zero-order valence-electron chi connectivity index (χ0n) is 58.1. The summed E-state index contributed by atoms with van der Waals surface area (Å²) in [5.41, 5.74) is 0. The molecule has 17 nitrogen and oxygen atoms in total. The van der Waals surface area contributed by atoms with Crippen LogP contribution in [-0.2, 0) is 65.4 Å². The molecule has 0 amide bonds. The fourth-order valence-electron chi connectivity index (χ4n) is 10.5. The molecule has 89 heavy (non-hydrogen) atoms. The highest BCUT2D eigenvalue weighted by atomic mass is 31.2. The molecular weight excluding hydrogens is 1170 g/mol. The monoisotopic (exact) mass is 1310 g/mol. The van der Waals surface area contributed by atoms with Crippen LogP contribution < -0.4 is 0 Å². The van der Waals surface area contributed by atoms with Crippen molar-refractivity contribution in [3.05, 3.63) is 0 Å². The molecule has 19 heteroatoms. The van der Waals surface area contributed by atoms with E-state index in [-0.39, 0.29) is 25.7 Å². The van der Waals surface area contributed by atoms with Crippen LogP contribution in [0.15, 0.2) is 0 Å². The number of esters is 4. The van der Waals surface area contributed by atoms with Gasteiger partial charge in [0.15, 0.2) is 12.2 Å². The number of hydrogen-bond acceptors (Lipinski definition) is 15. The fraction of sp³-hybridized carbons (Fsp3) is 0.943. The molecule has 5 atom stereocenters. The van der Waals surface area contributed by atoms with Crippen molar-refractivity contribution in [3.8, 4) is 0 Å². The maximum Gasteiger partial charge on any atom is 0.472 e. The van der Waals surface area contributed by atoms with Gasteiger partial charge in [0.05, 0.1) is 26.4 Å². The van der Waals surface area contributed by atoms with Crippen molar-refractivity contribution in [1.82, 2.24) is 0 Å². The van der Waals surface area contributed by atoms with Gasteiger partial charge in [-0.3, -0.25) is 37.3 Å². The van der Waals surface area contributed by atoms with Gasteiger partial charge in [-0.2, -0.15) is 0 Å². The Kier molecular flexibility index (Phi) is 58.5. The average Bonchev–Trinajstić information content (AvgIpc) is 3.59. The zero-order valence-corrected chi connectivity index (χ0v) is 59.8. The van der Waals surface area contributed by atoms with Crippen molar-refractivity contribution >= 4 is 39.5 Å². The quantitative estimate of drug-likeness (QED) is 0.0222. The number of hydrogen-bond donors (Lipinski definition) is 3. The van der Waals surface area contributed by atoms with Gasteiger partial charge in [-0.25, -0.2) is 9.13 Å². The minimum absolute atomic E-state index is 0.105. The molecule has 0 radical (unpaired) electrons. The van der Waals surface area contributed by atoms with E-state index in [1.54, 1.807) is 0 Å². The molecule has 0 rings (SSSR count). The van der Waals surface area contributed by atoms with Crippen molar-refractivity contribution in [2.75, 3.05) is 39.6 Å². The van der Waals surface area contributed by atoms with E-state index in [2.05, 4.69) is 55.4 Å². The lowest BCUT2D eigenvalue weighted by Crippen LogP contribution is -2.30. The van der Waals surface area contributed by atoms with Crippen molar-refractivity contribution < 1.29 is 80.2 Å². The molecule has 0 aromatic rings. The summed E-state index contributed by atoms with van der Waals surface area (Å²) in [4.78, 5) is 72.5. The number of carbonyl (C=O) groups is 4. The second-order valence-corrected chi connectivity index (χ2v) is 30.1. The highest BCUT2D eigenvalue weighted by Gasteiger charge is 2.30. The molecule has 528 valence electrons. The third-order valence-corrected chi connectivity index (χ3v) is 18.0. The van der Waals surface area contributed by atoms with E-state index in [0.717, 1.165) is 115 Å². The van der Waals surface area contributed by atoms with Crippen LogP contribution in [-0.4, -0.2) is 96.7 Å². The van der Waals surface area contributed by atoms with Crippen LogP contribution in [0.3, 0.4) is 0 Å². The van der Waals surface area contributed by atoms with Crippen molar-refractivity contribution in [2.45, 2.75) is 363 Å². The van der Waals surface area contributed by atoms with Crippen LogP contribution in [0.4, 0.5) is 0 Å². The van der Waals surface area contributed by atoms with Crippen LogP contribution in [0.2, 0.25) is 0 Å². The third kappa shape index (κ3) is 64.6. The zero-order chi connectivity index (χ0) is 66.1. The molecule has 0 bridgehead atoms. The molecule has 0 aromatic heterocycles. The van der Waals surface area contributed by atoms with Gasteiger partial charge in [0.2, 0.25) is 0 Å². The molecule has 0 saturated carbocycles. The summed E-state index contributed by atoms with van der Waals surface area (Å²) in [7, 11) is -9.90. The lowest BCUT2D eigenvalue weighted by atomic mass is 10.0. The van der Waals surface area contributed by atoms with E-state index < -0.39 is 97.5 Å². The van der Waals surface area contributed by atoms with Gasteiger partial charge in [0, 0.05) is 25.7 Å². The molecule has 0 aliphatic carbocycles. The number of unbranched alkanes of at least 4 members (excludes halogenated alkanes) is 33. The lowest BCUT2D eigenvalue weighted by Gasteiger charge is -2.21. The largest absolute Gasteiger partial charge is 0.472 e. The molecule has 0 spiro atoms. The van der Waals surface area contributed by atoms with Crippen molar-refractivity contribution in [3.63, 3.8) is 0 Å². The smallest absolute Gasteiger partial charge is 0.462 e. The second kappa shape index (κ2) is 59.8. The van der Waals surface area contributed by atoms with Crippen LogP contribution in [0.5, 0.6) is 0 Å². The van der Waals surface area contributed by atoms with Crippen LogP contribution >= 0.6 is 15.6 Å². The summed E-state index contributed by atoms with van der Waals surface area (Å²) in [5, 5.41) is 10.6. The van der Waals surface area contributed by atoms with Crippen molar-refractivity contribution in [1.29, 1.82) is 0 Å². The number of phosphoric acid groups is 2. The topological polar surface area (TPSA) is 237 Å². The maximum atomic E-state index is 13.0. The highest BCUT2D eigenvalue weighted by molar-refractivity contribution is 7.47. The Morgan fingerprint density at radius 2 is 0.472 bits per heavy atom. The Morgan fingerprint density at radius 3 is 0.697 bits per heavy atom. The molecule has 0 heterocycles. The van der Waals surface area contributed by atoms with Gasteiger partial charge < -0.3 is 33.8 Å². The normalized spacial score (nSPS) is 14.3. The first-order valence-electron chi connectivity index (χ1n) is 36.2. The average molecular weight is 1310 g/mol. The maximum absolute atomic E-state index is 13.0. The SMILES string of the molecule is CC(C)CCCCCCCCCCCCCCCC(=O)O[C@H](COC(=O)CCCCCCCCCC(C)C)COP(=O)(O)OC[C@@H](O)COP(=O)(O)OC[C@@H](COC(=O)CCCCCCCCC(C)C)OC(=O)CCCCCCCCCCCCCC(C)C.